The topological polar surface area (TPSA) is 27.7 Å². The van der Waals surface area contributed by atoms with Crippen molar-refractivity contribution in [2.75, 3.05) is 0 Å². The molecule has 1 fully saturated rings. The number of ether oxygens (including phenoxy) is 1. The monoisotopic (exact) mass is 296 g/mol. The standard InChI is InChI=1S/C18H21BO3/c1-17(2)18(3,4)22-19(21-17)14-10-12-16(13-11-14)20-15-8-6-5-7-9-15/h5-13H,1-4H3. The SMILES string of the molecule is CC1(C)OB(c2ccc(Oc3ccccc3)cc2)OC1(C)C. The van der Waals surface area contributed by atoms with Crippen LogP contribution in [0.25, 0.3) is 0 Å². The van der Waals surface area contributed by atoms with Crippen molar-refractivity contribution in [3.63, 3.8) is 0 Å². The first-order chi connectivity index (χ1) is 10.4. The molecular formula is C18H21BO3. The summed E-state index contributed by atoms with van der Waals surface area (Å²) >= 11 is 0. The molecule has 0 unspecified atom stereocenters. The van der Waals surface area contributed by atoms with Crippen molar-refractivity contribution in [2.24, 2.45) is 0 Å². The highest BCUT2D eigenvalue weighted by molar-refractivity contribution is 6.62. The van der Waals surface area contributed by atoms with E-state index in [1.165, 1.54) is 0 Å². The van der Waals surface area contributed by atoms with Gasteiger partial charge in [0.25, 0.3) is 0 Å². The van der Waals surface area contributed by atoms with E-state index in [4.69, 9.17) is 14.0 Å². The van der Waals surface area contributed by atoms with E-state index < -0.39 is 0 Å². The Labute approximate surface area is 132 Å². The molecule has 22 heavy (non-hydrogen) atoms. The van der Waals surface area contributed by atoms with Crippen molar-refractivity contribution in [3.8, 4) is 11.5 Å². The van der Waals surface area contributed by atoms with Gasteiger partial charge in [0, 0.05) is 0 Å². The Morgan fingerprint density at radius 1 is 0.727 bits per heavy atom. The molecule has 0 aliphatic carbocycles. The first-order valence-electron chi connectivity index (χ1n) is 7.56. The third kappa shape index (κ3) is 2.89. The second kappa shape index (κ2) is 5.45. The van der Waals surface area contributed by atoms with Gasteiger partial charge in [-0.15, -0.1) is 0 Å². The predicted octanol–water partition coefficient (Wildman–Crippen LogP) is 3.78. The Hall–Kier alpha value is -1.78. The first kappa shape index (κ1) is 15.1. The number of benzene rings is 2. The highest BCUT2D eigenvalue weighted by Gasteiger charge is 2.51. The molecule has 1 heterocycles. The fraction of sp³-hybridized carbons (Fsp3) is 0.333. The molecule has 114 valence electrons. The first-order valence-corrected chi connectivity index (χ1v) is 7.56. The molecule has 0 atom stereocenters. The van der Waals surface area contributed by atoms with Gasteiger partial charge in [0.05, 0.1) is 11.2 Å². The minimum absolute atomic E-state index is 0.323. The second-order valence-corrected chi connectivity index (χ2v) is 6.57. The fourth-order valence-corrected chi connectivity index (χ4v) is 2.30. The molecule has 0 spiro atoms. The Balaban J connectivity index is 1.73. The summed E-state index contributed by atoms with van der Waals surface area (Å²) in [6.45, 7) is 8.22. The summed E-state index contributed by atoms with van der Waals surface area (Å²) in [6.07, 6.45) is 0. The molecule has 0 bridgehead atoms. The molecule has 0 amide bonds. The van der Waals surface area contributed by atoms with Crippen LogP contribution in [0.15, 0.2) is 54.6 Å². The third-order valence-electron chi connectivity index (χ3n) is 4.38. The summed E-state index contributed by atoms with van der Waals surface area (Å²) in [5, 5.41) is 0. The maximum absolute atomic E-state index is 6.05. The lowest BCUT2D eigenvalue weighted by molar-refractivity contribution is 0.00578. The number of hydrogen-bond acceptors (Lipinski definition) is 3. The van der Waals surface area contributed by atoms with E-state index in [0.717, 1.165) is 17.0 Å². The van der Waals surface area contributed by atoms with Gasteiger partial charge in [-0.25, -0.2) is 0 Å². The molecule has 2 aromatic rings. The quantitative estimate of drug-likeness (QED) is 0.807. The van der Waals surface area contributed by atoms with Crippen LogP contribution in [0.1, 0.15) is 27.7 Å². The van der Waals surface area contributed by atoms with E-state index in [9.17, 15) is 0 Å². The number of para-hydroxylation sites is 1. The van der Waals surface area contributed by atoms with E-state index in [2.05, 4.69) is 27.7 Å². The van der Waals surface area contributed by atoms with E-state index in [1.54, 1.807) is 0 Å². The van der Waals surface area contributed by atoms with Crippen LogP contribution in [-0.2, 0) is 9.31 Å². The predicted molar refractivity (Wildman–Crippen MR) is 88.7 cm³/mol. The van der Waals surface area contributed by atoms with Crippen molar-refractivity contribution < 1.29 is 14.0 Å². The van der Waals surface area contributed by atoms with Gasteiger partial charge in [0.2, 0.25) is 0 Å². The maximum atomic E-state index is 6.05. The molecule has 1 aliphatic heterocycles. The molecule has 0 aromatic heterocycles. The van der Waals surface area contributed by atoms with Crippen LogP contribution in [0.5, 0.6) is 11.5 Å². The van der Waals surface area contributed by atoms with Gasteiger partial charge >= 0.3 is 7.12 Å². The van der Waals surface area contributed by atoms with Crippen LogP contribution < -0.4 is 10.2 Å². The third-order valence-corrected chi connectivity index (χ3v) is 4.38. The lowest BCUT2D eigenvalue weighted by Gasteiger charge is -2.32. The Kier molecular flexibility index (Phi) is 3.75. The Morgan fingerprint density at radius 2 is 1.23 bits per heavy atom. The van der Waals surface area contributed by atoms with Gasteiger partial charge < -0.3 is 14.0 Å². The van der Waals surface area contributed by atoms with Crippen molar-refractivity contribution in [1.29, 1.82) is 0 Å². The molecule has 3 rings (SSSR count). The van der Waals surface area contributed by atoms with Crippen LogP contribution in [0, 0.1) is 0 Å². The summed E-state index contributed by atoms with van der Waals surface area (Å²) in [5.41, 5.74) is 0.354. The Morgan fingerprint density at radius 3 is 1.77 bits per heavy atom. The summed E-state index contributed by atoms with van der Waals surface area (Å²) in [7, 11) is -0.337. The van der Waals surface area contributed by atoms with Crippen molar-refractivity contribution in [1.82, 2.24) is 0 Å². The largest absolute Gasteiger partial charge is 0.494 e. The van der Waals surface area contributed by atoms with Crippen LogP contribution in [-0.4, -0.2) is 18.3 Å². The molecule has 0 saturated carbocycles. The zero-order valence-corrected chi connectivity index (χ0v) is 13.5. The minimum Gasteiger partial charge on any atom is -0.457 e. The van der Waals surface area contributed by atoms with Gasteiger partial charge in [-0.2, -0.15) is 0 Å². The number of hydrogen-bond donors (Lipinski definition) is 0. The average Bonchev–Trinajstić information content (AvgIpc) is 2.69. The van der Waals surface area contributed by atoms with Crippen molar-refractivity contribution in [2.45, 2.75) is 38.9 Å². The molecule has 4 heteroatoms. The lowest BCUT2D eigenvalue weighted by Crippen LogP contribution is -2.41. The van der Waals surface area contributed by atoms with E-state index in [0.29, 0.717) is 0 Å². The molecule has 3 nitrogen and oxygen atoms in total. The van der Waals surface area contributed by atoms with Gasteiger partial charge in [-0.1, -0.05) is 30.3 Å². The summed E-state index contributed by atoms with van der Waals surface area (Å²) in [5.74, 6) is 1.62. The highest BCUT2D eigenvalue weighted by Crippen LogP contribution is 2.36. The molecule has 1 saturated heterocycles. The molecule has 0 radical (unpaired) electrons. The van der Waals surface area contributed by atoms with Crippen LogP contribution in [0.2, 0.25) is 0 Å². The summed E-state index contributed by atoms with van der Waals surface area (Å²) in [6, 6.07) is 17.6. The lowest BCUT2D eigenvalue weighted by atomic mass is 9.79. The molecule has 1 aliphatic rings. The van der Waals surface area contributed by atoms with Gasteiger partial charge in [0.15, 0.2) is 0 Å². The van der Waals surface area contributed by atoms with Crippen molar-refractivity contribution in [3.05, 3.63) is 54.6 Å². The van der Waals surface area contributed by atoms with E-state index in [1.807, 2.05) is 54.6 Å². The normalized spacial score (nSPS) is 19.2. The van der Waals surface area contributed by atoms with Gasteiger partial charge in [0.1, 0.15) is 11.5 Å². The zero-order valence-electron chi connectivity index (χ0n) is 13.5. The maximum Gasteiger partial charge on any atom is 0.494 e. The van der Waals surface area contributed by atoms with Crippen LogP contribution in [0.3, 0.4) is 0 Å². The van der Waals surface area contributed by atoms with Crippen molar-refractivity contribution >= 4 is 12.6 Å². The average molecular weight is 296 g/mol. The van der Waals surface area contributed by atoms with Gasteiger partial charge in [-0.05, 0) is 57.4 Å². The van der Waals surface area contributed by atoms with E-state index >= 15 is 0 Å². The molecule has 0 N–H and O–H groups in total. The van der Waals surface area contributed by atoms with Crippen LogP contribution in [0.4, 0.5) is 0 Å². The zero-order chi connectivity index (χ0) is 15.8. The molecule has 2 aromatic carbocycles. The Bertz CT molecular complexity index is 619. The fourth-order valence-electron chi connectivity index (χ4n) is 2.30. The summed E-state index contributed by atoms with van der Waals surface area (Å²) in [4.78, 5) is 0. The highest BCUT2D eigenvalue weighted by atomic mass is 16.7. The minimum atomic E-state index is -0.337. The number of rotatable bonds is 3. The smallest absolute Gasteiger partial charge is 0.457 e. The van der Waals surface area contributed by atoms with Gasteiger partial charge in [-0.3, -0.25) is 0 Å². The summed E-state index contributed by atoms with van der Waals surface area (Å²) < 4.78 is 17.9. The van der Waals surface area contributed by atoms with Crippen LogP contribution >= 0.6 is 0 Å². The second-order valence-electron chi connectivity index (χ2n) is 6.57. The molecular weight excluding hydrogens is 275 g/mol. The van der Waals surface area contributed by atoms with E-state index in [-0.39, 0.29) is 18.3 Å².